The van der Waals surface area contributed by atoms with Crippen molar-refractivity contribution in [3.8, 4) is 0 Å². The van der Waals surface area contributed by atoms with E-state index in [1.165, 1.54) is 4.57 Å². The first kappa shape index (κ1) is 15.6. The van der Waals surface area contributed by atoms with E-state index in [0.717, 1.165) is 6.20 Å². The molecular weight excluding hydrogens is 274 g/mol. The molecule has 0 amide bonds. The summed E-state index contributed by atoms with van der Waals surface area (Å²) in [6.45, 7) is 0.476. The van der Waals surface area contributed by atoms with Crippen LogP contribution in [0.3, 0.4) is 0 Å². The summed E-state index contributed by atoms with van der Waals surface area (Å²) in [6, 6.07) is 0. The molecule has 0 unspecified atom stereocenters. The van der Waals surface area contributed by atoms with Crippen LogP contribution < -0.4 is 0 Å². The molecule has 0 spiro atoms. The topological polar surface area (TPSA) is 134 Å². The summed E-state index contributed by atoms with van der Waals surface area (Å²) in [7, 11) is 0. The van der Waals surface area contributed by atoms with Crippen LogP contribution in [0.25, 0.3) is 0 Å². The molecule has 0 aliphatic rings. The van der Waals surface area contributed by atoms with E-state index in [0.29, 0.717) is 5.82 Å². The largest absolute Gasteiger partial charge is 0.480 e. The Bertz CT molecular complexity index is 511. The number of nitrogens with zero attached hydrogens (tertiary/aromatic N) is 3. The van der Waals surface area contributed by atoms with E-state index < -0.39 is 30.1 Å². The number of aromatic nitrogens is 2. The van der Waals surface area contributed by atoms with E-state index in [4.69, 9.17) is 9.84 Å². The first-order chi connectivity index (χ1) is 9.41. The molecule has 0 saturated carbocycles. The second kappa shape index (κ2) is 7.19. The van der Waals surface area contributed by atoms with E-state index in [1.807, 2.05) is 0 Å². The third-order valence-electron chi connectivity index (χ3n) is 2.24. The first-order valence-corrected chi connectivity index (χ1v) is 5.53. The van der Waals surface area contributed by atoms with E-state index >= 15 is 0 Å². The standard InChI is InChI=1S/C10H13N3O7/c1-7-11-4-8(13(17)18)12(7)2-3-20-10(16)6-19-5-9(14)15/h4H,2-3,5-6H2,1H3,(H,14,15). The predicted molar refractivity (Wildman–Crippen MR) is 63.0 cm³/mol. The number of nitro groups is 1. The maximum absolute atomic E-state index is 11.2. The zero-order valence-corrected chi connectivity index (χ0v) is 10.6. The molecule has 10 heteroatoms. The molecule has 110 valence electrons. The molecule has 10 nitrogen and oxygen atoms in total. The third-order valence-corrected chi connectivity index (χ3v) is 2.24. The van der Waals surface area contributed by atoms with Gasteiger partial charge in [0.25, 0.3) is 0 Å². The van der Waals surface area contributed by atoms with E-state index in [9.17, 15) is 19.7 Å². The molecule has 1 aromatic rings. The Morgan fingerprint density at radius 3 is 2.80 bits per heavy atom. The van der Waals surface area contributed by atoms with E-state index in [-0.39, 0.29) is 19.0 Å². The minimum atomic E-state index is -1.19. The molecule has 0 aromatic carbocycles. The summed E-state index contributed by atoms with van der Waals surface area (Å²) in [5, 5.41) is 19.0. The van der Waals surface area contributed by atoms with Crippen molar-refractivity contribution < 1.29 is 29.1 Å². The van der Waals surface area contributed by atoms with Gasteiger partial charge in [-0.2, -0.15) is 0 Å². The van der Waals surface area contributed by atoms with Gasteiger partial charge in [-0.15, -0.1) is 0 Å². The maximum atomic E-state index is 11.2. The van der Waals surface area contributed by atoms with Crippen LogP contribution in [0.1, 0.15) is 5.82 Å². The normalized spacial score (nSPS) is 10.2. The van der Waals surface area contributed by atoms with Crippen molar-refractivity contribution in [3.05, 3.63) is 22.1 Å². The number of aliphatic carboxylic acids is 1. The number of hydrogen-bond acceptors (Lipinski definition) is 7. The van der Waals surface area contributed by atoms with Gasteiger partial charge in [-0.3, -0.25) is 0 Å². The molecular formula is C10H13N3O7. The van der Waals surface area contributed by atoms with Gasteiger partial charge in [0.2, 0.25) is 0 Å². The number of rotatable bonds is 8. The van der Waals surface area contributed by atoms with E-state index in [1.54, 1.807) is 6.92 Å². The predicted octanol–water partition coefficient (Wildman–Crippen LogP) is -0.256. The fourth-order valence-electron chi connectivity index (χ4n) is 1.39. The van der Waals surface area contributed by atoms with Crippen molar-refractivity contribution in [2.45, 2.75) is 13.5 Å². The second-order valence-corrected chi connectivity index (χ2v) is 3.68. The lowest BCUT2D eigenvalue weighted by Gasteiger charge is -2.05. The highest BCUT2D eigenvalue weighted by Crippen LogP contribution is 2.12. The fourth-order valence-corrected chi connectivity index (χ4v) is 1.39. The summed E-state index contributed by atoms with van der Waals surface area (Å²) in [4.78, 5) is 35.2. The van der Waals surface area contributed by atoms with Gasteiger partial charge in [0.15, 0.2) is 5.82 Å². The fraction of sp³-hybridized carbons (Fsp3) is 0.500. The number of carboxylic acids is 1. The molecule has 1 heterocycles. The number of carbonyl (C=O) groups excluding carboxylic acids is 1. The second-order valence-electron chi connectivity index (χ2n) is 3.68. The quantitative estimate of drug-likeness (QED) is 0.392. The molecule has 0 atom stereocenters. The summed E-state index contributed by atoms with van der Waals surface area (Å²) in [5.41, 5.74) is 0. The number of hydrogen-bond donors (Lipinski definition) is 1. The molecule has 0 aliphatic carbocycles. The number of esters is 1. The zero-order chi connectivity index (χ0) is 15.1. The summed E-state index contributed by atoms with van der Waals surface area (Å²) in [5.74, 6) is -1.70. The van der Waals surface area contributed by atoms with Gasteiger partial charge in [0.1, 0.15) is 32.6 Å². The van der Waals surface area contributed by atoms with Crippen molar-refractivity contribution in [2.75, 3.05) is 19.8 Å². The minimum absolute atomic E-state index is 0.0762. The molecule has 0 saturated heterocycles. The van der Waals surface area contributed by atoms with Crippen LogP contribution in [-0.2, 0) is 25.6 Å². The summed E-state index contributed by atoms with van der Waals surface area (Å²) < 4.78 is 10.6. The molecule has 0 radical (unpaired) electrons. The monoisotopic (exact) mass is 287 g/mol. The Morgan fingerprint density at radius 1 is 1.50 bits per heavy atom. The molecule has 0 fully saturated rings. The number of carboxylic acid groups (broad SMARTS) is 1. The number of imidazole rings is 1. The lowest BCUT2D eigenvalue weighted by molar-refractivity contribution is -0.392. The highest BCUT2D eigenvalue weighted by atomic mass is 16.6. The smallest absolute Gasteiger partial charge is 0.342 e. The molecule has 20 heavy (non-hydrogen) atoms. The SMILES string of the molecule is Cc1ncc([N+](=O)[O-])n1CCOC(=O)COCC(=O)O. The summed E-state index contributed by atoms with van der Waals surface area (Å²) >= 11 is 0. The number of ether oxygens (including phenoxy) is 2. The van der Waals surface area contributed by atoms with Gasteiger partial charge >= 0.3 is 17.8 Å². The van der Waals surface area contributed by atoms with Crippen molar-refractivity contribution in [1.82, 2.24) is 9.55 Å². The van der Waals surface area contributed by atoms with Crippen LogP contribution in [0.15, 0.2) is 6.20 Å². The molecule has 0 aliphatic heterocycles. The highest BCUT2D eigenvalue weighted by Gasteiger charge is 2.17. The molecule has 1 rings (SSSR count). The van der Waals surface area contributed by atoms with Crippen LogP contribution in [-0.4, -0.2) is 51.3 Å². The maximum Gasteiger partial charge on any atom is 0.342 e. The van der Waals surface area contributed by atoms with Gasteiger partial charge in [-0.05, 0) is 4.92 Å². The molecule has 1 aromatic heterocycles. The van der Waals surface area contributed by atoms with Crippen LogP contribution >= 0.6 is 0 Å². The Morgan fingerprint density at radius 2 is 2.20 bits per heavy atom. The lowest BCUT2D eigenvalue weighted by atomic mass is 10.5. The zero-order valence-electron chi connectivity index (χ0n) is 10.6. The van der Waals surface area contributed by atoms with Crippen molar-refractivity contribution in [2.24, 2.45) is 0 Å². The van der Waals surface area contributed by atoms with Crippen LogP contribution in [0.5, 0.6) is 0 Å². The van der Waals surface area contributed by atoms with Crippen LogP contribution in [0.4, 0.5) is 5.82 Å². The lowest BCUT2D eigenvalue weighted by Crippen LogP contribution is -2.19. The van der Waals surface area contributed by atoms with Gasteiger partial charge in [-0.25, -0.2) is 19.1 Å². The third kappa shape index (κ3) is 4.65. The average molecular weight is 287 g/mol. The first-order valence-electron chi connectivity index (χ1n) is 5.53. The van der Waals surface area contributed by atoms with Crippen LogP contribution in [0.2, 0.25) is 0 Å². The number of carbonyl (C=O) groups is 2. The van der Waals surface area contributed by atoms with Crippen molar-refractivity contribution in [3.63, 3.8) is 0 Å². The van der Waals surface area contributed by atoms with Crippen molar-refractivity contribution in [1.29, 1.82) is 0 Å². The highest BCUT2D eigenvalue weighted by molar-refractivity contribution is 5.72. The van der Waals surface area contributed by atoms with Crippen molar-refractivity contribution >= 4 is 17.8 Å². The minimum Gasteiger partial charge on any atom is -0.480 e. The van der Waals surface area contributed by atoms with Gasteiger partial charge < -0.3 is 24.7 Å². The van der Waals surface area contributed by atoms with Gasteiger partial charge in [-0.1, -0.05) is 0 Å². The molecule has 1 N–H and O–H groups in total. The summed E-state index contributed by atoms with van der Waals surface area (Å²) in [6.07, 6.45) is 1.12. The Labute approximate surface area is 113 Å². The van der Waals surface area contributed by atoms with E-state index in [2.05, 4.69) is 9.72 Å². The van der Waals surface area contributed by atoms with Gasteiger partial charge in [0.05, 0.1) is 0 Å². The Kier molecular flexibility index (Phi) is 5.59. The average Bonchev–Trinajstić information content (AvgIpc) is 2.71. The van der Waals surface area contributed by atoms with Gasteiger partial charge in [0, 0.05) is 6.92 Å². The Hall–Kier alpha value is -2.49. The number of aryl methyl sites for hydroxylation is 1. The van der Waals surface area contributed by atoms with Crippen LogP contribution in [0, 0.1) is 17.0 Å². The molecule has 0 bridgehead atoms. The Balaban J connectivity index is 2.37.